The molecule has 1 heteroatoms. The molecule has 0 bridgehead atoms. The summed E-state index contributed by atoms with van der Waals surface area (Å²) in [5.74, 6) is 0.410. The molecule has 0 aliphatic carbocycles. The molecular formula is C18H22O. The fourth-order valence-electron chi connectivity index (χ4n) is 2.59. The summed E-state index contributed by atoms with van der Waals surface area (Å²) < 4.78 is 0. The van der Waals surface area contributed by atoms with Crippen molar-refractivity contribution in [1.82, 2.24) is 0 Å². The Morgan fingerprint density at radius 1 is 0.842 bits per heavy atom. The number of hydrogen-bond donors (Lipinski definition) is 1. The number of phenols is 1. The molecule has 0 atom stereocenters. The molecule has 0 aliphatic rings. The third-order valence-electron chi connectivity index (χ3n) is 3.59. The van der Waals surface area contributed by atoms with Gasteiger partial charge in [0.1, 0.15) is 5.75 Å². The Morgan fingerprint density at radius 2 is 1.37 bits per heavy atom. The highest BCUT2D eigenvalue weighted by Gasteiger charge is 2.21. The van der Waals surface area contributed by atoms with Crippen molar-refractivity contribution < 1.29 is 5.11 Å². The van der Waals surface area contributed by atoms with E-state index in [1.807, 2.05) is 18.2 Å². The molecule has 100 valence electrons. The first-order chi connectivity index (χ1) is 8.82. The maximum Gasteiger partial charge on any atom is 0.127 e. The van der Waals surface area contributed by atoms with Gasteiger partial charge in [-0.25, -0.2) is 0 Å². The van der Waals surface area contributed by atoms with Crippen molar-refractivity contribution in [1.29, 1.82) is 0 Å². The summed E-state index contributed by atoms with van der Waals surface area (Å²) in [7, 11) is 0. The summed E-state index contributed by atoms with van der Waals surface area (Å²) in [6.45, 7) is 10.5. The molecule has 1 nitrogen and oxygen atoms in total. The van der Waals surface area contributed by atoms with E-state index in [-0.39, 0.29) is 5.41 Å². The van der Waals surface area contributed by atoms with Gasteiger partial charge >= 0.3 is 0 Å². The quantitative estimate of drug-likeness (QED) is 0.761. The normalized spacial score (nSPS) is 11.6. The summed E-state index contributed by atoms with van der Waals surface area (Å²) in [5, 5.41) is 10.6. The lowest BCUT2D eigenvalue weighted by Gasteiger charge is -2.23. The third kappa shape index (κ3) is 2.51. The second-order valence-corrected chi connectivity index (χ2v) is 6.22. The van der Waals surface area contributed by atoms with Gasteiger partial charge in [-0.1, -0.05) is 57.2 Å². The molecule has 0 radical (unpaired) electrons. The van der Waals surface area contributed by atoms with E-state index < -0.39 is 0 Å². The Hall–Kier alpha value is -1.76. The van der Waals surface area contributed by atoms with Gasteiger partial charge < -0.3 is 5.11 Å². The van der Waals surface area contributed by atoms with E-state index in [1.54, 1.807) is 0 Å². The highest BCUT2D eigenvalue weighted by Crippen LogP contribution is 2.40. The molecule has 2 aromatic carbocycles. The van der Waals surface area contributed by atoms with Crippen LogP contribution in [0.2, 0.25) is 0 Å². The molecule has 19 heavy (non-hydrogen) atoms. The Balaban J connectivity index is 2.71. The fourth-order valence-corrected chi connectivity index (χ4v) is 2.59. The molecule has 0 saturated heterocycles. The Morgan fingerprint density at radius 3 is 1.89 bits per heavy atom. The molecule has 0 fully saturated rings. The van der Waals surface area contributed by atoms with Crippen LogP contribution in [0.3, 0.4) is 0 Å². The van der Waals surface area contributed by atoms with Crippen LogP contribution in [0.4, 0.5) is 0 Å². The molecule has 0 aromatic heterocycles. The molecule has 0 spiro atoms. The van der Waals surface area contributed by atoms with Gasteiger partial charge in [0, 0.05) is 5.56 Å². The zero-order chi connectivity index (χ0) is 14.2. The number of phenolic OH excluding ortho intramolecular Hbond substituents is 1. The summed E-state index contributed by atoms with van der Waals surface area (Å²) in [5.41, 5.74) is 5.40. The SMILES string of the molecule is Cc1cccc(C)c1-c1cccc(C(C)(C)C)c1O. The van der Waals surface area contributed by atoms with E-state index in [4.69, 9.17) is 0 Å². The molecule has 0 aliphatic heterocycles. The summed E-state index contributed by atoms with van der Waals surface area (Å²) in [6.07, 6.45) is 0. The predicted octanol–water partition coefficient (Wildman–Crippen LogP) is 4.97. The molecule has 0 heterocycles. The van der Waals surface area contributed by atoms with Crippen LogP contribution in [-0.4, -0.2) is 5.11 Å². The monoisotopic (exact) mass is 254 g/mol. The second-order valence-electron chi connectivity index (χ2n) is 6.22. The van der Waals surface area contributed by atoms with Crippen molar-refractivity contribution in [2.75, 3.05) is 0 Å². The van der Waals surface area contributed by atoms with Gasteiger partial charge in [0.25, 0.3) is 0 Å². The first-order valence-electron chi connectivity index (χ1n) is 6.71. The molecule has 0 unspecified atom stereocenters. The van der Waals surface area contributed by atoms with E-state index in [0.29, 0.717) is 5.75 Å². The zero-order valence-corrected chi connectivity index (χ0v) is 12.4. The van der Waals surface area contributed by atoms with Crippen molar-refractivity contribution in [3.05, 3.63) is 53.1 Å². The maximum absolute atomic E-state index is 10.6. The highest BCUT2D eigenvalue weighted by molar-refractivity contribution is 5.77. The number of aryl methyl sites for hydroxylation is 2. The van der Waals surface area contributed by atoms with Crippen molar-refractivity contribution in [2.45, 2.75) is 40.0 Å². The highest BCUT2D eigenvalue weighted by atomic mass is 16.3. The molecule has 0 saturated carbocycles. The van der Waals surface area contributed by atoms with Crippen molar-refractivity contribution in [2.24, 2.45) is 0 Å². The van der Waals surface area contributed by atoms with E-state index in [2.05, 4.69) is 52.8 Å². The number of aromatic hydroxyl groups is 1. The standard InChI is InChI=1S/C18H22O/c1-12-8-6-9-13(2)16(12)14-10-7-11-15(17(14)19)18(3,4)5/h6-11,19H,1-5H3. The van der Waals surface area contributed by atoms with E-state index >= 15 is 0 Å². The molecule has 2 aromatic rings. The summed E-state index contributed by atoms with van der Waals surface area (Å²) in [4.78, 5) is 0. The second kappa shape index (κ2) is 4.73. The van der Waals surface area contributed by atoms with Gasteiger partial charge in [-0.2, -0.15) is 0 Å². The average molecular weight is 254 g/mol. The number of hydrogen-bond acceptors (Lipinski definition) is 1. The number of benzene rings is 2. The van der Waals surface area contributed by atoms with Crippen LogP contribution in [0.5, 0.6) is 5.75 Å². The third-order valence-corrected chi connectivity index (χ3v) is 3.59. The van der Waals surface area contributed by atoms with E-state index in [1.165, 1.54) is 11.1 Å². The smallest absolute Gasteiger partial charge is 0.127 e. The van der Waals surface area contributed by atoms with Gasteiger partial charge in [-0.15, -0.1) is 0 Å². The molecule has 1 N–H and O–H groups in total. The van der Waals surface area contributed by atoms with Gasteiger partial charge in [-0.05, 0) is 41.5 Å². The van der Waals surface area contributed by atoms with E-state index in [0.717, 1.165) is 16.7 Å². The molecular weight excluding hydrogens is 232 g/mol. The van der Waals surface area contributed by atoms with Crippen LogP contribution in [0.1, 0.15) is 37.5 Å². The van der Waals surface area contributed by atoms with E-state index in [9.17, 15) is 5.11 Å². The number of rotatable bonds is 1. The zero-order valence-electron chi connectivity index (χ0n) is 12.4. The Bertz CT molecular complexity index is 583. The summed E-state index contributed by atoms with van der Waals surface area (Å²) >= 11 is 0. The minimum atomic E-state index is -0.0588. The van der Waals surface area contributed by atoms with Gasteiger partial charge in [-0.3, -0.25) is 0 Å². The fraction of sp³-hybridized carbons (Fsp3) is 0.333. The van der Waals surface area contributed by atoms with Crippen LogP contribution in [0.25, 0.3) is 11.1 Å². The minimum Gasteiger partial charge on any atom is -0.507 e. The Kier molecular flexibility index (Phi) is 3.40. The van der Waals surface area contributed by atoms with Crippen molar-refractivity contribution in [3.8, 4) is 16.9 Å². The minimum absolute atomic E-state index is 0.0588. The van der Waals surface area contributed by atoms with Crippen LogP contribution >= 0.6 is 0 Å². The van der Waals surface area contributed by atoms with Gasteiger partial charge in [0.2, 0.25) is 0 Å². The largest absolute Gasteiger partial charge is 0.507 e. The van der Waals surface area contributed by atoms with Gasteiger partial charge in [0.05, 0.1) is 0 Å². The van der Waals surface area contributed by atoms with Crippen molar-refractivity contribution in [3.63, 3.8) is 0 Å². The molecule has 2 rings (SSSR count). The van der Waals surface area contributed by atoms with Crippen molar-refractivity contribution >= 4 is 0 Å². The lowest BCUT2D eigenvalue weighted by molar-refractivity contribution is 0.448. The van der Waals surface area contributed by atoms with Crippen LogP contribution in [0, 0.1) is 13.8 Å². The Labute approximate surface area is 115 Å². The topological polar surface area (TPSA) is 20.2 Å². The average Bonchev–Trinajstić information content (AvgIpc) is 2.29. The van der Waals surface area contributed by atoms with Crippen LogP contribution in [0.15, 0.2) is 36.4 Å². The van der Waals surface area contributed by atoms with Crippen LogP contribution in [-0.2, 0) is 5.41 Å². The first-order valence-corrected chi connectivity index (χ1v) is 6.71. The number of para-hydroxylation sites is 1. The summed E-state index contributed by atoms with van der Waals surface area (Å²) in [6, 6.07) is 12.3. The maximum atomic E-state index is 10.6. The predicted molar refractivity (Wildman–Crippen MR) is 81.7 cm³/mol. The van der Waals surface area contributed by atoms with Crippen LogP contribution < -0.4 is 0 Å². The molecule has 0 amide bonds. The first kappa shape index (κ1) is 13.7. The van der Waals surface area contributed by atoms with Gasteiger partial charge in [0.15, 0.2) is 0 Å². The lowest BCUT2D eigenvalue weighted by Crippen LogP contribution is -2.11. The lowest BCUT2D eigenvalue weighted by atomic mass is 9.83.